The van der Waals surface area contributed by atoms with Gasteiger partial charge in [0.05, 0.1) is 0 Å². The Balaban J connectivity index is 2.23. The minimum absolute atomic E-state index is 0.366. The third-order valence-corrected chi connectivity index (χ3v) is 3.98. The van der Waals surface area contributed by atoms with E-state index < -0.39 is 0 Å². The third-order valence-electron chi connectivity index (χ3n) is 3.98. The SMILES string of the molecule is CC(N)CCCC(C)CN1CCCC1CN(C)C. The molecule has 0 aromatic carbocycles. The van der Waals surface area contributed by atoms with Crippen LogP contribution in [0.25, 0.3) is 0 Å². The molecule has 0 aromatic rings. The van der Waals surface area contributed by atoms with Crippen LogP contribution in [0.1, 0.15) is 46.0 Å². The average molecular weight is 255 g/mol. The van der Waals surface area contributed by atoms with Crippen molar-refractivity contribution in [3.8, 4) is 0 Å². The van der Waals surface area contributed by atoms with E-state index in [-0.39, 0.29) is 0 Å². The van der Waals surface area contributed by atoms with Crippen LogP contribution in [0.2, 0.25) is 0 Å². The van der Waals surface area contributed by atoms with Gasteiger partial charge in [0, 0.05) is 25.2 Å². The van der Waals surface area contributed by atoms with Crippen molar-refractivity contribution in [3.05, 3.63) is 0 Å². The van der Waals surface area contributed by atoms with Gasteiger partial charge in [0.1, 0.15) is 0 Å². The van der Waals surface area contributed by atoms with E-state index in [1.807, 2.05) is 0 Å². The zero-order valence-electron chi connectivity index (χ0n) is 12.9. The van der Waals surface area contributed by atoms with Crippen LogP contribution in [0.5, 0.6) is 0 Å². The molecule has 0 amide bonds. The molecule has 0 aliphatic carbocycles. The lowest BCUT2D eigenvalue weighted by Crippen LogP contribution is -2.39. The first-order valence-corrected chi connectivity index (χ1v) is 7.63. The lowest BCUT2D eigenvalue weighted by molar-refractivity contribution is 0.181. The Labute approximate surface area is 114 Å². The van der Waals surface area contributed by atoms with E-state index in [4.69, 9.17) is 5.73 Å². The second kappa shape index (κ2) is 8.13. The molecule has 108 valence electrons. The maximum Gasteiger partial charge on any atom is 0.0223 e. The summed E-state index contributed by atoms with van der Waals surface area (Å²) in [7, 11) is 4.37. The maximum atomic E-state index is 5.80. The Morgan fingerprint density at radius 3 is 2.61 bits per heavy atom. The van der Waals surface area contributed by atoms with Gasteiger partial charge in [0.2, 0.25) is 0 Å². The van der Waals surface area contributed by atoms with Crippen molar-refractivity contribution in [3.63, 3.8) is 0 Å². The summed E-state index contributed by atoms with van der Waals surface area (Å²) in [5, 5.41) is 0. The van der Waals surface area contributed by atoms with Gasteiger partial charge in [-0.25, -0.2) is 0 Å². The second-order valence-electron chi connectivity index (χ2n) is 6.57. The highest BCUT2D eigenvalue weighted by Gasteiger charge is 2.25. The van der Waals surface area contributed by atoms with Crippen LogP contribution in [-0.2, 0) is 0 Å². The van der Waals surface area contributed by atoms with Crippen LogP contribution < -0.4 is 5.73 Å². The van der Waals surface area contributed by atoms with Gasteiger partial charge in [-0.05, 0) is 59.2 Å². The smallest absolute Gasteiger partial charge is 0.0223 e. The molecule has 3 atom stereocenters. The van der Waals surface area contributed by atoms with Gasteiger partial charge in [-0.2, -0.15) is 0 Å². The molecule has 0 bridgehead atoms. The molecule has 18 heavy (non-hydrogen) atoms. The van der Waals surface area contributed by atoms with Crippen LogP contribution in [0, 0.1) is 5.92 Å². The minimum Gasteiger partial charge on any atom is -0.328 e. The van der Waals surface area contributed by atoms with Gasteiger partial charge in [-0.1, -0.05) is 13.3 Å². The molecule has 1 aliphatic rings. The molecule has 3 unspecified atom stereocenters. The summed E-state index contributed by atoms with van der Waals surface area (Å²) in [5.41, 5.74) is 5.80. The number of likely N-dealkylation sites (N-methyl/N-ethyl adjacent to an activating group) is 1. The fourth-order valence-corrected chi connectivity index (χ4v) is 3.04. The van der Waals surface area contributed by atoms with Gasteiger partial charge in [-0.3, -0.25) is 4.90 Å². The van der Waals surface area contributed by atoms with Crippen LogP contribution >= 0.6 is 0 Å². The molecule has 1 saturated heterocycles. The van der Waals surface area contributed by atoms with Crippen LogP contribution in [0.3, 0.4) is 0 Å². The van der Waals surface area contributed by atoms with E-state index in [1.54, 1.807) is 0 Å². The van der Waals surface area contributed by atoms with Gasteiger partial charge >= 0.3 is 0 Å². The Morgan fingerprint density at radius 1 is 1.28 bits per heavy atom. The highest BCUT2D eigenvalue weighted by Crippen LogP contribution is 2.21. The maximum absolute atomic E-state index is 5.80. The monoisotopic (exact) mass is 255 g/mol. The highest BCUT2D eigenvalue weighted by atomic mass is 15.2. The number of likely N-dealkylation sites (tertiary alicyclic amines) is 1. The summed E-state index contributed by atoms with van der Waals surface area (Å²) >= 11 is 0. The summed E-state index contributed by atoms with van der Waals surface area (Å²) in [6.07, 6.45) is 6.54. The Morgan fingerprint density at radius 2 is 2.00 bits per heavy atom. The van der Waals surface area contributed by atoms with Crippen molar-refractivity contribution in [1.29, 1.82) is 0 Å². The molecule has 1 fully saturated rings. The molecule has 0 spiro atoms. The molecule has 0 radical (unpaired) electrons. The Kier molecular flexibility index (Phi) is 7.20. The Hall–Kier alpha value is -0.120. The van der Waals surface area contributed by atoms with Gasteiger partial charge in [0.25, 0.3) is 0 Å². The van der Waals surface area contributed by atoms with Crippen molar-refractivity contribution < 1.29 is 0 Å². The molecule has 3 heteroatoms. The molecule has 0 saturated carbocycles. The number of rotatable bonds is 8. The standard InChI is InChI=1S/C15H33N3/c1-13(7-5-8-14(2)16)11-18-10-6-9-15(18)12-17(3)4/h13-15H,5-12,16H2,1-4H3. The summed E-state index contributed by atoms with van der Waals surface area (Å²) in [6.45, 7) is 8.30. The van der Waals surface area contributed by atoms with E-state index in [1.165, 1.54) is 51.7 Å². The van der Waals surface area contributed by atoms with Crippen LogP contribution in [0.15, 0.2) is 0 Å². The summed E-state index contributed by atoms with van der Waals surface area (Å²) < 4.78 is 0. The molecular weight excluding hydrogens is 222 g/mol. The number of hydrogen-bond acceptors (Lipinski definition) is 3. The zero-order chi connectivity index (χ0) is 13.5. The molecule has 0 aromatic heterocycles. The van der Waals surface area contributed by atoms with Gasteiger partial charge < -0.3 is 10.6 Å². The summed E-state index contributed by atoms with van der Waals surface area (Å²) in [5.74, 6) is 0.812. The van der Waals surface area contributed by atoms with Crippen molar-refractivity contribution in [2.75, 3.05) is 33.7 Å². The van der Waals surface area contributed by atoms with E-state index >= 15 is 0 Å². The fraction of sp³-hybridized carbons (Fsp3) is 1.00. The molecule has 2 N–H and O–H groups in total. The lowest BCUT2D eigenvalue weighted by Gasteiger charge is -2.29. The fourth-order valence-electron chi connectivity index (χ4n) is 3.04. The Bertz CT molecular complexity index is 216. The van der Waals surface area contributed by atoms with Crippen LogP contribution in [-0.4, -0.2) is 55.6 Å². The predicted molar refractivity (Wildman–Crippen MR) is 79.8 cm³/mol. The third kappa shape index (κ3) is 6.17. The first-order chi connectivity index (χ1) is 8.49. The molecule has 1 heterocycles. The van der Waals surface area contributed by atoms with Crippen molar-refractivity contribution >= 4 is 0 Å². The molecule has 3 nitrogen and oxygen atoms in total. The topological polar surface area (TPSA) is 32.5 Å². The van der Waals surface area contributed by atoms with E-state index in [9.17, 15) is 0 Å². The number of nitrogens with two attached hydrogens (primary N) is 1. The minimum atomic E-state index is 0.366. The number of hydrogen-bond donors (Lipinski definition) is 1. The van der Waals surface area contributed by atoms with Crippen molar-refractivity contribution in [2.45, 2.75) is 58.0 Å². The average Bonchev–Trinajstić information content (AvgIpc) is 2.64. The highest BCUT2D eigenvalue weighted by molar-refractivity contribution is 4.81. The quantitative estimate of drug-likeness (QED) is 0.721. The van der Waals surface area contributed by atoms with Crippen LogP contribution in [0.4, 0.5) is 0 Å². The van der Waals surface area contributed by atoms with Gasteiger partial charge in [-0.15, -0.1) is 0 Å². The van der Waals surface area contributed by atoms with E-state index in [2.05, 4.69) is 37.7 Å². The predicted octanol–water partition coefficient (Wildman–Crippen LogP) is 2.17. The number of nitrogens with zero attached hydrogens (tertiary/aromatic N) is 2. The normalized spacial score (nSPS) is 24.7. The van der Waals surface area contributed by atoms with Crippen molar-refractivity contribution in [1.82, 2.24) is 9.80 Å². The first kappa shape index (κ1) is 15.9. The zero-order valence-corrected chi connectivity index (χ0v) is 12.9. The largest absolute Gasteiger partial charge is 0.328 e. The molecule has 1 aliphatic heterocycles. The van der Waals surface area contributed by atoms with E-state index in [0.29, 0.717) is 6.04 Å². The second-order valence-corrected chi connectivity index (χ2v) is 6.57. The van der Waals surface area contributed by atoms with Gasteiger partial charge in [0.15, 0.2) is 0 Å². The summed E-state index contributed by atoms with van der Waals surface area (Å²) in [4.78, 5) is 5.03. The molecule has 1 rings (SSSR count). The van der Waals surface area contributed by atoms with Crippen molar-refractivity contribution in [2.24, 2.45) is 11.7 Å². The molecular formula is C15H33N3. The summed E-state index contributed by atoms with van der Waals surface area (Å²) in [6, 6.07) is 1.15. The lowest BCUT2D eigenvalue weighted by atomic mass is 10.0. The first-order valence-electron chi connectivity index (χ1n) is 7.63. The van der Waals surface area contributed by atoms with E-state index in [0.717, 1.165) is 12.0 Å².